The zero-order valence-electron chi connectivity index (χ0n) is 36.9. The highest BCUT2D eigenvalue weighted by Crippen LogP contribution is 2.23. The van der Waals surface area contributed by atoms with Gasteiger partial charge in [-0.25, -0.2) is 0 Å². The predicted octanol–water partition coefficient (Wildman–Crippen LogP) is 13.3. The summed E-state index contributed by atoms with van der Waals surface area (Å²) in [7, 11) is 3.80. The predicted molar refractivity (Wildman–Crippen MR) is 228 cm³/mol. The second-order valence-corrected chi connectivity index (χ2v) is 16.7. The smallest absolute Gasteiger partial charge is 0.320 e. The SMILES string of the molecule is CCCCCC(CCCCC)CC(=O)OCCCCCCCCCC(CCCCCCCOC(=O)CC(CCCCC)CCCCC)OC(=O)CN(C)C. The van der Waals surface area contributed by atoms with Gasteiger partial charge in [-0.1, -0.05) is 156 Å². The quantitative estimate of drug-likeness (QED) is 0.0348. The highest BCUT2D eigenvalue weighted by atomic mass is 16.5. The highest BCUT2D eigenvalue weighted by molar-refractivity contribution is 5.71. The first-order chi connectivity index (χ1) is 26.2. The van der Waals surface area contributed by atoms with Gasteiger partial charge in [-0.3, -0.25) is 19.3 Å². The molecule has 0 spiro atoms. The van der Waals surface area contributed by atoms with Crippen molar-refractivity contribution < 1.29 is 28.6 Å². The van der Waals surface area contributed by atoms with Gasteiger partial charge in [0.25, 0.3) is 0 Å². The van der Waals surface area contributed by atoms with E-state index in [0.717, 1.165) is 96.3 Å². The van der Waals surface area contributed by atoms with Crippen LogP contribution in [0.15, 0.2) is 0 Å². The van der Waals surface area contributed by atoms with Crippen molar-refractivity contribution in [3.05, 3.63) is 0 Å². The molecule has 0 aromatic carbocycles. The first-order valence-electron chi connectivity index (χ1n) is 23.4. The summed E-state index contributed by atoms with van der Waals surface area (Å²) in [5, 5.41) is 0. The van der Waals surface area contributed by atoms with Gasteiger partial charge in [0.15, 0.2) is 0 Å². The Hall–Kier alpha value is -1.63. The minimum absolute atomic E-state index is 0.00111. The molecule has 0 N–H and O–H groups in total. The lowest BCUT2D eigenvalue weighted by Crippen LogP contribution is -2.27. The third-order valence-corrected chi connectivity index (χ3v) is 10.9. The van der Waals surface area contributed by atoms with Gasteiger partial charge in [0.2, 0.25) is 0 Å². The minimum Gasteiger partial charge on any atom is -0.466 e. The summed E-state index contributed by atoms with van der Waals surface area (Å²) >= 11 is 0. The van der Waals surface area contributed by atoms with Gasteiger partial charge >= 0.3 is 17.9 Å². The maximum absolute atomic E-state index is 12.5. The average Bonchev–Trinajstić information content (AvgIpc) is 3.13. The number of nitrogens with zero attached hydrogens (tertiary/aromatic N) is 1. The van der Waals surface area contributed by atoms with Crippen LogP contribution in [0.25, 0.3) is 0 Å². The van der Waals surface area contributed by atoms with E-state index in [1.54, 1.807) is 0 Å². The summed E-state index contributed by atoms with van der Waals surface area (Å²) in [6, 6.07) is 0. The van der Waals surface area contributed by atoms with E-state index >= 15 is 0 Å². The fourth-order valence-electron chi connectivity index (χ4n) is 7.50. The number of esters is 3. The number of rotatable bonds is 41. The second kappa shape index (κ2) is 39.6. The number of unbranched alkanes of at least 4 members (excludes halogenated alkanes) is 18. The van der Waals surface area contributed by atoms with Crippen LogP contribution in [0.1, 0.15) is 233 Å². The fraction of sp³-hybridized carbons (Fsp3) is 0.936. The highest BCUT2D eigenvalue weighted by Gasteiger charge is 2.17. The molecule has 0 heterocycles. The molecule has 0 saturated carbocycles. The summed E-state index contributed by atoms with van der Waals surface area (Å²) in [6.45, 7) is 10.3. The second-order valence-electron chi connectivity index (χ2n) is 16.7. The average molecular weight is 766 g/mol. The molecule has 0 amide bonds. The Labute approximate surface area is 335 Å². The molecule has 0 aromatic heterocycles. The van der Waals surface area contributed by atoms with Gasteiger partial charge in [-0.15, -0.1) is 0 Å². The molecule has 0 bridgehead atoms. The minimum atomic E-state index is -0.131. The Morgan fingerprint density at radius 2 is 0.722 bits per heavy atom. The third-order valence-electron chi connectivity index (χ3n) is 10.9. The number of carbonyl (C=O) groups excluding carboxylic acids is 3. The first kappa shape index (κ1) is 52.4. The van der Waals surface area contributed by atoms with E-state index in [9.17, 15) is 14.4 Å². The van der Waals surface area contributed by atoms with Crippen molar-refractivity contribution in [1.82, 2.24) is 4.90 Å². The molecular formula is C47H91NO6. The number of likely N-dealkylation sites (N-methyl/N-ethyl adjacent to an activating group) is 1. The van der Waals surface area contributed by atoms with Crippen molar-refractivity contribution in [2.45, 2.75) is 239 Å². The number of hydrogen-bond acceptors (Lipinski definition) is 7. The van der Waals surface area contributed by atoms with Crippen molar-refractivity contribution >= 4 is 17.9 Å². The van der Waals surface area contributed by atoms with Crippen molar-refractivity contribution in [2.24, 2.45) is 11.8 Å². The maximum Gasteiger partial charge on any atom is 0.320 e. The first-order valence-corrected chi connectivity index (χ1v) is 23.4. The van der Waals surface area contributed by atoms with E-state index in [4.69, 9.17) is 14.2 Å². The topological polar surface area (TPSA) is 82.1 Å². The molecule has 320 valence electrons. The molecule has 7 heteroatoms. The number of hydrogen-bond donors (Lipinski definition) is 0. The maximum atomic E-state index is 12.5. The fourth-order valence-corrected chi connectivity index (χ4v) is 7.50. The van der Waals surface area contributed by atoms with Crippen LogP contribution >= 0.6 is 0 Å². The standard InChI is InChI=1S/C47H91NO6/c1-7-11-23-31-42(32-24-12-8-2)39-45(49)52-37-29-21-17-15-16-19-27-35-44(54-47(51)41-48(5)6)36-28-20-18-22-30-38-53-46(50)40-43(33-25-13-9-3)34-26-14-10-4/h42-44H,7-41H2,1-6H3. The van der Waals surface area contributed by atoms with Crippen molar-refractivity contribution in [2.75, 3.05) is 33.9 Å². The zero-order valence-corrected chi connectivity index (χ0v) is 36.9. The van der Waals surface area contributed by atoms with Gasteiger partial charge in [0.05, 0.1) is 19.8 Å². The molecule has 0 aliphatic carbocycles. The Balaban J connectivity index is 4.20. The molecule has 0 aliphatic heterocycles. The molecule has 0 radical (unpaired) electrons. The molecule has 0 aliphatic rings. The number of carbonyl (C=O) groups is 3. The lowest BCUT2D eigenvalue weighted by Gasteiger charge is -2.19. The summed E-state index contributed by atoms with van der Waals surface area (Å²) in [5.41, 5.74) is 0. The van der Waals surface area contributed by atoms with Crippen LogP contribution in [0, 0.1) is 11.8 Å². The van der Waals surface area contributed by atoms with E-state index < -0.39 is 0 Å². The van der Waals surface area contributed by atoms with Gasteiger partial charge in [0.1, 0.15) is 6.10 Å². The molecule has 54 heavy (non-hydrogen) atoms. The summed E-state index contributed by atoms with van der Waals surface area (Å²) in [4.78, 5) is 39.3. The molecule has 7 nitrogen and oxygen atoms in total. The summed E-state index contributed by atoms with van der Waals surface area (Å²) in [6.07, 6.45) is 35.6. The van der Waals surface area contributed by atoms with Crippen LogP contribution in [-0.4, -0.2) is 62.8 Å². The molecule has 0 saturated heterocycles. The monoisotopic (exact) mass is 766 g/mol. The van der Waals surface area contributed by atoms with Crippen LogP contribution in [-0.2, 0) is 28.6 Å². The van der Waals surface area contributed by atoms with Crippen LogP contribution in [0.5, 0.6) is 0 Å². The normalized spacial score (nSPS) is 12.2. The van der Waals surface area contributed by atoms with Crippen LogP contribution in [0.2, 0.25) is 0 Å². The van der Waals surface area contributed by atoms with Crippen LogP contribution < -0.4 is 0 Å². The summed E-state index contributed by atoms with van der Waals surface area (Å²) < 4.78 is 17.2. The van der Waals surface area contributed by atoms with Gasteiger partial charge < -0.3 is 14.2 Å². The van der Waals surface area contributed by atoms with E-state index in [2.05, 4.69) is 27.7 Å². The molecule has 1 atom stereocenters. The van der Waals surface area contributed by atoms with Gasteiger partial charge in [0, 0.05) is 12.8 Å². The molecule has 0 fully saturated rings. The molecular weight excluding hydrogens is 675 g/mol. The van der Waals surface area contributed by atoms with E-state index in [-0.39, 0.29) is 24.0 Å². The Kier molecular flexibility index (Phi) is 38.4. The zero-order chi connectivity index (χ0) is 39.9. The van der Waals surface area contributed by atoms with Gasteiger partial charge in [-0.05, 0) is 90.1 Å². The van der Waals surface area contributed by atoms with Crippen LogP contribution in [0.4, 0.5) is 0 Å². The van der Waals surface area contributed by atoms with Crippen molar-refractivity contribution in [1.29, 1.82) is 0 Å². The van der Waals surface area contributed by atoms with Gasteiger partial charge in [-0.2, -0.15) is 0 Å². The molecule has 0 rings (SSSR count). The lowest BCUT2D eigenvalue weighted by molar-refractivity contribution is -0.150. The lowest BCUT2D eigenvalue weighted by atomic mass is 9.92. The Morgan fingerprint density at radius 3 is 1.06 bits per heavy atom. The molecule has 0 aromatic rings. The van der Waals surface area contributed by atoms with E-state index in [1.807, 2.05) is 19.0 Å². The van der Waals surface area contributed by atoms with E-state index in [1.165, 1.54) is 96.3 Å². The van der Waals surface area contributed by atoms with Crippen LogP contribution in [0.3, 0.4) is 0 Å². The summed E-state index contributed by atoms with van der Waals surface area (Å²) in [5.74, 6) is 0.828. The number of ether oxygens (including phenoxy) is 3. The van der Waals surface area contributed by atoms with E-state index in [0.29, 0.717) is 44.4 Å². The Morgan fingerprint density at radius 1 is 0.407 bits per heavy atom. The third kappa shape index (κ3) is 36.0. The van der Waals surface area contributed by atoms with Crippen molar-refractivity contribution in [3.63, 3.8) is 0 Å². The largest absolute Gasteiger partial charge is 0.466 e. The molecule has 1 unspecified atom stereocenters. The van der Waals surface area contributed by atoms with Crippen molar-refractivity contribution in [3.8, 4) is 0 Å². The Bertz CT molecular complexity index is 828.